The molecule has 0 bridgehead atoms. The third-order valence-electron chi connectivity index (χ3n) is 3.93. The van der Waals surface area contributed by atoms with Gasteiger partial charge in [-0.05, 0) is 13.8 Å². The molecule has 10 nitrogen and oxygen atoms in total. The Hall–Kier alpha value is -2.30. The van der Waals surface area contributed by atoms with Gasteiger partial charge in [0.2, 0.25) is 0 Å². The summed E-state index contributed by atoms with van der Waals surface area (Å²) in [5.74, 6) is -1.76. The van der Waals surface area contributed by atoms with E-state index in [2.05, 4.69) is 15.0 Å². The number of fused-ring (bicyclic) bond motifs is 2. The normalized spacial score (nSPS) is 29.9. The number of hydrogen-bond donors (Lipinski definition) is 2. The third-order valence-corrected chi connectivity index (χ3v) is 3.93. The molecular formula is C15H21N5O5. The van der Waals surface area contributed by atoms with E-state index in [-0.39, 0.29) is 5.82 Å². The Morgan fingerprint density at radius 2 is 1.92 bits per heavy atom. The fourth-order valence-corrected chi connectivity index (χ4v) is 3.06. The SMILES string of the molecule is CC.CC1(C)OC2C(C(=O)O)OC(n3cnc4c(N)ncnc43)C2O1. The average Bonchev–Trinajstić information content (AvgIpc) is 3.20. The lowest BCUT2D eigenvalue weighted by Crippen LogP contribution is -2.35. The maximum atomic E-state index is 11.5. The molecule has 2 aliphatic heterocycles. The highest BCUT2D eigenvalue weighted by Gasteiger charge is 2.58. The first-order chi connectivity index (χ1) is 11.9. The van der Waals surface area contributed by atoms with Crippen molar-refractivity contribution in [1.29, 1.82) is 0 Å². The van der Waals surface area contributed by atoms with E-state index in [4.69, 9.17) is 19.9 Å². The van der Waals surface area contributed by atoms with E-state index in [0.29, 0.717) is 11.2 Å². The topological polar surface area (TPSA) is 135 Å². The van der Waals surface area contributed by atoms with Crippen molar-refractivity contribution in [2.75, 3.05) is 5.73 Å². The molecular weight excluding hydrogens is 330 g/mol. The fourth-order valence-electron chi connectivity index (χ4n) is 3.06. The van der Waals surface area contributed by atoms with Crippen molar-refractivity contribution in [3.8, 4) is 0 Å². The van der Waals surface area contributed by atoms with Gasteiger partial charge in [0.05, 0.1) is 6.33 Å². The van der Waals surface area contributed by atoms with Crippen LogP contribution in [0.3, 0.4) is 0 Å². The maximum Gasteiger partial charge on any atom is 0.335 e. The molecule has 4 atom stereocenters. The van der Waals surface area contributed by atoms with E-state index in [1.165, 1.54) is 12.7 Å². The molecule has 4 unspecified atom stereocenters. The molecule has 136 valence electrons. The van der Waals surface area contributed by atoms with Gasteiger partial charge in [0.1, 0.15) is 24.1 Å². The van der Waals surface area contributed by atoms with Gasteiger partial charge in [0.15, 0.2) is 29.6 Å². The second-order valence-electron chi connectivity index (χ2n) is 5.93. The molecule has 2 aromatic heterocycles. The predicted octanol–water partition coefficient (Wildman–Crippen LogP) is 0.937. The summed E-state index contributed by atoms with van der Waals surface area (Å²) >= 11 is 0. The molecule has 4 rings (SSSR count). The van der Waals surface area contributed by atoms with Gasteiger partial charge in [0, 0.05) is 0 Å². The number of anilines is 1. The molecule has 25 heavy (non-hydrogen) atoms. The van der Waals surface area contributed by atoms with Gasteiger partial charge < -0.3 is 25.1 Å². The minimum absolute atomic E-state index is 0.238. The lowest BCUT2D eigenvalue weighted by Gasteiger charge is -2.23. The van der Waals surface area contributed by atoms with Gasteiger partial charge in [0.25, 0.3) is 0 Å². The highest BCUT2D eigenvalue weighted by molar-refractivity contribution is 5.81. The van der Waals surface area contributed by atoms with E-state index >= 15 is 0 Å². The predicted molar refractivity (Wildman–Crippen MR) is 86.5 cm³/mol. The van der Waals surface area contributed by atoms with Crippen LogP contribution >= 0.6 is 0 Å². The Balaban J connectivity index is 0.000000880. The molecule has 0 spiro atoms. The van der Waals surface area contributed by atoms with Crippen LogP contribution in [0.1, 0.15) is 33.9 Å². The van der Waals surface area contributed by atoms with E-state index in [1.54, 1.807) is 18.4 Å². The third kappa shape index (κ3) is 2.81. The van der Waals surface area contributed by atoms with Crippen LogP contribution in [0.4, 0.5) is 5.82 Å². The molecule has 0 aliphatic carbocycles. The molecule has 0 amide bonds. The number of carboxylic acids is 1. The van der Waals surface area contributed by atoms with Crippen molar-refractivity contribution < 1.29 is 24.1 Å². The zero-order valence-electron chi connectivity index (χ0n) is 14.4. The molecule has 2 aromatic rings. The minimum Gasteiger partial charge on any atom is -0.479 e. The summed E-state index contributed by atoms with van der Waals surface area (Å²) < 4.78 is 18.8. The van der Waals surface area contributed by atoms with Crippen LogP contribution in [0, 0.1) is 0 Å². The van der Waals surface area contributed by atoms with Gasteiger partial charge in [-0.2, -0.15) is 0 Å². The van der Waals surface area contributed by atoms with Crippen LogP contribution in [-0.4, -0.2) is 54.7 Å². The molecule has 0 aromatic carbocycles. The quantitative estimate of drug-likeness (QED) is 0.810. The van der Waals surface area contributed by atoms with Gasteiger partial charge in [-0.1, -0.05) is 13.8 Å². The largest absolute Gasteiger partial charge is 0.479 e. The Labute approximate surface area is 143 Å². The first kappa shape index (κ1) is 17.5. The first-order valence-electron chi connectivity index (χ1n) is 8.04. The molecule has 0 saturated carbocycles. The summed E-state index contributed by atoms with van der Waals surface area (Å²) in [5.41, 5.74) is 6.64. The summed E-state index contributed by atoms with van der Waals surface area (Å²) in [6.07, 6.45) is -0.391. The van der Waals surface area contributed by atoms with E-state index < -0.39 is 36.3 Å². The van der Waals surface area contributed by atoms with Crippen molar-refractivity contribution >= 4 is 23.0 Å². The zero-order chi connectivity index (χ0) is 18.4. The van der Waals surface area contributed by atoms with Gasteiger partial charge >= 0.3 is 5.97 Å². The second-order valence-corrected chi connectivity index (χ2v) is 5.93. The van der Waals surface area contributed by atoms with Crippen LogP contribution < -0.4 is 5.73 Å². The van der Waals surface area contributed by atoms with Crippen LogP contribution in [0.5, 0.6) is 0 Å². The molecule has 0 radical (unpaired) electrons. The smallest absolute Gasteiger partial charge is 0.335 e. The number of carbonyl (C=O) groups is 1. The highest BCUT2D eigenvalue weighted by Crippen LogP contribution is 2.43. The Morgan fingerprint density at radius 1 is 1.24 bits per heavy atom. The number of aliphatic carboxylic acids is 1. The lowest BCUT2D eigenvalue weighted by molar-refractivity contribution is -0.202. The zero-order valence-corrected chi connectivity index (χ0v) is 14.4. The Bertz CT molecular complexity index is 792. The summed E-state index contributed by atoms with van der Waals surface area (Å²) in [6.45, 7) is 7.46. The summed E-state index contributed by atoms with van der Waals surface area (Å²) in [4.78, 5) is 23.7. The Morgan fingerprint density at radius 3 is 2.60 bits per heavy atom. The number of ether oxygens (including phenoxy) is 3. The highest BCUT2D eigenvalue weighted by atomic mass is 16.8. The number of nitrogen functional groups attached to an aromatic ring is 1. The van der Waals surface area contributed by atoms with E-state index in [9.17, 15) is 9.90 Å². The molecule has 4 heterocycles. The van der Waals surface area contributed by atoms with Gasteiger partial charge in [-0.25, -0.2) is 19.7 Å². The standard InChI is InChI=1S/C13H15N5O5.C2H6/c1-13(2)22-6-7(23-13)11(21-8(6)12(19)20)18-4-17-5-9(14)15-3-16-10(5)18;1-2/h3-4,6-8,11H,1-2H3,(H,19,20)(H2,14,15,16);1-2H3. The number of aromatic nitrogens is 4. The number of nitrogens with two attached hydrogens (primary N) is 1. The Kier molecular flexibility index (Phi) is 4.35. The first-order valence-corrected chi connectivity index (χ1v) is 8.04. The monoisotopic (exact) mass is 351 g/mol. The van der Waals surface area contributed by atoms with Crippen LogP contribution in [0.25, 0.3) is 11.2 Å². The average molecular weight is 351 g/mol. The second kappa shape index (κ2) is 6.21. The number of imidazole rings is 1. The molecule has 2 fully saturated rings. The van der Waals surface area contributed by atoms with Crippen LogP contribution in [-0.2, 0) is 19.0 Å². The van der Waals surface area contributed by atoms with Crippen molar-refractivity contribution in [3.05, 3.63) is 12.7 Å². The number of carboxylic acid groups (broad SMARTS) is 1. The van der Waals surface area contributed by atoms with Crippen LogP contribution in [0.15, 0.2) is 12.7 Å². The number of hydrogen-bond acceptors (Lipinski definition) is 8. The summed E-state index contributed by atoms with van der Waals surface area (Å²) in [7, 11) is 0. The van der Waals surface area contributed by atoms with E-state index in [0.717, 1.165) is 0 Å². The lowest BCUT2D eigenvalue weighted by atomic mass is 10.1. The van der Waals surface area contributed by atoms with E-state index in [1.807, 2.05) is 13.8 Å². The minimum atomic E-state index is -1.14. The number of rotatable bonds is 2. The van der Waals surface area contributed by atoms with Gasteiger partial charge in [-0.15, -0.1) is 0 Å². The fraction of sp³-hybridized carbons (Fsp3) is 0.600. The molecule has 3 N–H and O–H groups in total. The number of nitrogens with zero attached hydrogens (tertiary/aromatic N) is 4. The molecule has 2 saturated heterocycles. The molecule has 10 heteroatoms. The maximum absolute atomic E-state index is 11.5. The van der Waals surface area contributed by atoms with Crippen LogP contribution in [0.2, 0.25) is 0 Å². The van der Waals surface area contributed by atoms with Gasteiger partial charge in [-0.3, -0.25) is 4.57 Å². The summed E-state index contributed by atoms with van der Waals surface area (Å²) in [6, 6.07) is 0. The van der Waals surface area contributed by atoms with Crippen molar-refractivity contribution in [3.63, 3.8) is 0 Å². The molecule has 2 aliphatic rings. The van der Waals surface area contributed by atoms with Crippen molar-refractivity contribution in [1.82, 2.24) is 19.5 Å². The summed E-state index contributed by atoms with van der Waals surface area (Å²) in [5, 5.41) is 9.37. The van der Waals surface area contributed by atoms with Crippen molar-refractivity contribution in [2.24, 2.45) is 0 Å². The van der Waals surface area contributed by atoms with Crippen molar-refractivity contribution in [2.45, 2.75) is 58.0 Å².